The van der Waals surface area contributed by atoms with Crippen molar-refractivity contribution in [3.05, 3.63) is 53.9 Å². The van der Waals surface area contributed by atoms with Gasteiger partial charge in [-0.25, -0.2) is 0 Å². The van der Waals surface area contributed by atoms with Crippen LogP contribution in [-0.2, 0) is 12.4 Å². The lowest BCUT2D eigenvalue weighted by Gasteiger charge is -2.16. The van der Waals surface area contributed by atoms with Gasteiger partial charge < -0.3 is 4.74 Å². The van der Waals surface area contributed by atoms with Crippen molar-refractivity contribution < 1.29 is 31.1 Å². The van der Waals surface area contributed by atoms with Gasteiger partial charge >= 0.3 is 12.4 Å². The van der Waals surface area contributed by atoms with Gasteiger partial charge in [0.2, 0.25) is 0 Å². The fourth-order valence-corrected chi connectivity index (χ4v) is 1.57. The van der Waals surface area contributed by atoms with E-state index >= 15 is 0 Å². The van der Waals surface area contributed by atoms with Crippen LogP contribution in [0.25, 0.3) is 0 Å². The number of benzene rings is 1. The molecular weight excluding hydrogens is 300 g/mol. The summed E-state index contributed by atoms with van der Waals surface area (Å²) in [6.07, 6.45) is -6.65. The van der Waals surface area contributed by atoms with Crippen LogP contribution in [0.3, 0.4) is 0 Å². The smallest absolute Gasteiger partial charge is 0.417 e. The summed E-state index contributed by atoms with van der Waals surface area (Å²) >= 11 is 0. The van der Waals surface area contributed by atoms with Crippen LogP contribution in [-0.4, -0.2) is 4.98 Å². The van der Waals surface area contributed by atoms with Gasteiger partial charge in [0.25, 0.3) is 0 Å². The average Bonchev–Trinajstić information content (AvgIpc) is 2.37. The topological polar surface area (TPSA) is 22.1 Å². The van der Waals surface area contributed by atoms with Crippen molar-refractivity contribution in [3.63, 3.8) is 0 Å². The van der Waals surface area contributed by atoms with E-state index < -0.39 is 23.5 Å². The molecule has 8 heteroatoms. The van der Waals surface area contributed by atoms with Crippen molar-refractivity contribution in [1.82, 2.24) is 4.98 Å². The molecule has 0 unspecified atom stereocenters. The molecule has 1 aromatic heterocycles. The van der Waals surface area contributed by atoms with E-state index in [1.807, 2.05) is 0 Å². The van der Waals surface area contributed by atoms with Gasteiger partial charge in [0.1, 0.15) is 11.5 Å². The molecular formula is C13H6F6NO. The summed E-state index contributed by atoms with van der Waals surface area (Å²) in [5.74, 6) is -0.287. The van der Waals surface area contributed by atoms with Crippen molar-refractivity contribution in [3.8, 4) is 11.5 Å². The number of halogens is 6. The van der Waals surface area contributed by atoms with Gasteiger partial charge in [-0.15, -0.1) is 0 Å². The summed E-state index contributed by atoms with van der Waals surface area (Å²) in [6.45, 7) is 0. The van der Waals surface area contributed by atoms with Crippen molar-refractivity contribution in [2.45, 2.75) is 12.4 Å². The van der Waals surface area contributed by atoms with E-state index in [4.69, 9.17) is 4.74 Å². The lowest BCUT2D eigenvalue weighted by Crippen LogP contribution is -2.16. The van der Waals surface area contributed by atoms with Crippen molar-refractivity contribution >= 4 is 0 Å². The maximum Gasteiger partial charge on any atom is 0.417 e. The number of hydrogen-bond acceptors (Lipinski definition) is 2. The van der Waals surface area contributed by atoms with E-state index in [2.05, 4.69) is 11.2 Å². The number of nitrogens with zero attached hydrogens (tertiary/aromatic N) is 1. The maximum absolute atomic E-state index is 12.7. The molecule has 0 amide bonds. The molecule has 1 radical (unpaired) electrons. The Hall–Kier alpha value is -2.25. The van der Waals surface area contributed by atoms with Crippen LogP contribution >= 0.6 is 0 Å². The Labute approximate surface area is 115 Å². The highest BCUT2D eigenvalue weighted by Gasteiger charge is 2.43. The monoisotopic (exact) mass is 306 g/mol. The molecule has 0 aliphatic rings. The van der Waals surface area contributed by atoms with Gasteiger partial charge in [-0.3, -0.25) is 4.98 Å². The van der Waals surface area contributed by atoms with E-state index in [9.17, 15) is 26.3 Å². The second-order valence-corrected chi connectivity index (χ2v) is 3.93. The summed E-state index contributed by atoms with van der Waals surface area (Å²) in [6, 6.07) is 4.16. The Morgan fingerprint density at radius 2 is 1.52 bits per heavy atom. The number of pyridine rings is 1. The molecule has 0 saturated carbocycles. The zero-order valence-corrected chi connectivity index (χ0v) is 10.1. The third kappa shape index (κ3) is 3.65. The van der Waals surface area contributed by atoms with Crippen LogP contribution in [0.1, 0.15) is 11.1 Å². The van der Waals surface area contributed by atoms with Gasteiger partial charge in [-0.05, 0) is 30.3 Å². The third-order valence-electron chi connectivity index (χ3n) is 2.43. The fourth-order valence-electron chi connectivity index (χ4n) is 1.57. The molecule has 21 heavy (non-hydrogen) atoms. The Morgan fingerprint density at radius 3 is 2.05 bits per heavy atom. The first kappa shape index (κ1) is 15.1. The predicted octanol–water partition coefficient (Wildman–Crippen LogP) is 4.71. The number of alkyl halides is 6. The molecule has 1 heterocycles. The standard InChI is InChI=1S/C13H6F6NO/c14-12(15,16)10-4-3-8(6-11(10)13(17,18)19)21-9-2-1-5-20-7-9/h1-4,6-7H. The SMILES string of the molecule is FC(F)(F)c1ccc(Oc2cc[c]nc2)cc1C(F)(F)F. The summed E-state index contributed by atoms with van der Waals surface area (Å²) in [7, 11) is 0. The van der Waals surface area contributed by atoms with E-state index in [-0.39, 0.29) is 11.5 Å². The van der Waals surface area contributed by atoms with Gasteiger partial charge in [0.05, 0.1) is 23.5 Å². The van der Waals surface area contributed by atoms with Crippen LogP contribution in [0, 0.1) is 6.20 Å². The van der Waals surface area contributed by atoms with Crippen LogP contribution in [0.15, 0.2) is 36.5 Å². The van der Waals surface area contributed by atoms with Crippen molar-refractivity contribution in [2.24, 2.45) is 0 Å². The number of rotatable bonds is 2. The minimum Gasteiger partial charge on any atom is -0.456 e. The summed E-state index contributed by atoms with van der Waals surface area (Å²) < 4.78 is 81.0. The Morgan fingerprint density at radius 1 is 0.857 bits per heavy atom. The summed E-state index contributed by atoms with van der Waals surface area (Å²) in [5, 5.41) is 0. The molecule has 0 aliphatic carbocycles. The van der Waals surface area contributed by atoms with Gasteiger partial charge in [0, 0.05) is 0 Å². The summed E-state index contributed by atoms with van der Waals surface area (Å²) in [5.41, 5.74) is -3.56. The van der Waals surface area contributed by atoms with E-state index in [0.717, 1.165) is 6.07 Å². The number of hydrogen-bond donors (Lipinski definition) is 0. The quantitative estimate of drug-likeness (QED) is 0.750. The van der Waals surface area contributed by atoms with Crippen molar-refractivity contribution in [1.29, 1.82) is 0 Å². The van der Waals surface area contributed by atoms with Crippen LogP contribution in [0.4, 0.5) is 26.3 Å². The highest BCUT2D eigenvalue weighted by Crippen LogP contribution is 2.42. The minimum atomic E-state index is -5.15. The summed E-state index contributed by atoms with van der Waals surface area (Å²) in [4.78, 5) is 3.56. The van der Waals surface area contributed by atoms with E-state index in [1.165, 1.54) is 18.3 Å². The van der Waals surface area contributed by atoms with Gasteiger partial charge in [-0.2, -0.15) is 26.3 Å². The molecule has 0 saturated heterocycles. The second-order valence-electron chi connectivity index (χ2n) is 3.93. The lowest BCUT2D eigenvalue weighted by molar-refractivity contribution is -0.162. The zero-order valence-electron chi connectivity index (χ0n) is 10.1. The second kappa shape index (κ2) is 5.27. The molecule has 2 nitrogen and oxygen atoms in total. The molecule has 0 bridgehead atoms. The third-order valence-corrected chi connectivity index (χ3v) is 2.43. The Kier molecular flexibility index (Phi) is 3.80. The minimum absolute atomic E-state index is 0.0848. The first-order chi connectivity index (χ1) is 9.68. The molecule has 2 rings (SSSR count). The first-order valence-corrected chi connectivity index (χ1v) is 5.46. The largest absolute Gasteiger partial charge is 0.456 e. The zero-order chi connectivity index (χ0) is 15.7. The first-order valence-electron chi connectivity index (χ1n) is 5.46. The molecule has 2 aromatic rings. The average molecular weight is 306 g/mol. The molecule has 0 fully saturated rings. The van der Waals surface area contributed by atoms with E-state index in [0.29, 0.717) is 12.1 Å². The predicted molar refractivity (Wildman–Crippen MR) is 59.6 cm³/mol. The Bertz CT molecular complexity index is 621. The highest BCUT2D eigenvalue weighted by molar-refractivity contribution is 5.40. The van der Waals surface area contributed by atoms with Gasteiger partial charge in [-0.1, -0.05) is 0 Å². The van der Waals surface area contributed by atoms with Crippen LogP contribution in [0.2, 0.25) is 0 Å². The number of aromatic nitrogens is 1. The van der Waals surface area contributed by atoms with E-state index in [1.54, 1.807) is 0 Å². The highest BCUT2D eigenvalue weighted by atomic mass is 19.4. The molecule has 111 valence electrons. The maximum atomic E-state index is 12.7. The number of ether oxygens (including phenoxy) is 1. The van der Waals surface area contributed by atoms with Gasteiger partial charge in [0.15, 0.2) is 0 Å². The molecule has 1 aromatic carbocycles. The molecule has 0 atom stereocenters. The van der Waals surface area contributed by atoms with Crippen LogP contribution < -0.4 is 4.74 Å². The molecule has 0 spiro atoms. The lowest BCUT2D eigenvalue weighted by atomic mass is 10.1. The normalized spacial score (nSPS) is 12.3. The fraction of sp³-hybridized carbons (Fsp3) is 0.154. The molecule has 0 aliphatic heterocycles. The molecule has 0 N–H and O–H groups in total. The van der Waals surface area contributed by atoms with Crippen molar-refractivity contribution in [2.75, 3.05) is 0 Å². The Balaban J connectivity index is 2.43. The van der Waals surface area contributed by atoms with Crippen LogP contribution in [0.5, 0.6) is 11.5 Å².